The minimum Gasteiger partial charge on any atom is -0.211 e. The average Bonchev–Trinajstić information content (AvgIpc) is 2.16. The Morgan fingerprint density at radius 3 is 2.36 bits per heavy atom. The van der Waals surface area contributed by atoms with Gasteiger partial charge in [-0.2, -0.15) is 0 Å². The molecule has 1 rings (SSSR count). The van der Waals surface area contributed by atoms with Gasteiger partial charge in [-0.3, -0.25) is 0 Å². The van der Waals surface area contributed by atoms with Crippen LogP contribution in [0.25, 0.3) is 0 Å². The first-order valence-electron chi connectivity index (χ1n) is 4.57. The second-order valence-electron chi connectivity index (χ2n) is 3.56. The Hall–Kier alpha value is -0.870. The standard InChI is InChI=1S/C10H15NO2S/c1-9(2)8-11-14(12,13)10-6-4-3-5-7-10/h3-7,9,11H,8H2,1-2H3/p+1. The van der Waals surface area contributed by atoms with Gasteiger partial charge in [-0.05, 0) is 18.1 Å². The zero-order valence-electron chi connectivity index (χ0n) is 9.40. The summed E-state index contributed by atoms with van der Waals surface area (Å²) in [6.07, 6.45) is 0. The number of sulfonamides is 1. The van der Waals surface area contributed by atoms with Gasteiger partial charge >= 0.3 is 1.43 Å². The Bertz CT molecular complexity index is 376. The Kier molecular flexibility index (Phi) is 3.66. The lowest BCUT2D eigenvalue weighted by Crippen LogP contribution is -2.27. The normalized spacial score (nSPS) is 11.9. The fraction of sp³-hybridized carbons (Fsp3) is 0.400. The Balaban J connectivity index is 0.00000196. The molecule has 0 radical (unpaired) electrons. The van der Waals surface area contributed by atoms with Crippen molar-refractivity contribution in [3.05, 3.63) is 30.3 Å². The van der Waals surface area contributed by atoms with E-state index in [1.54, 1.807) is 30.3 Å². The Morgan fingerprint density at radius 2 is 1.86 bits per heavy atom. The zero-order chi connectivity index (χ0) is 10.6. The topological polar surface area (TPSA) is 46.2 Å². The van der Waals surface area contributed by atoms with Crippen LogP contribution in [0.15, 0.2) is 35.2 Å². The van der Waals surface area contributed by atoms with Crippen molar-refractivity contribution in [2.75, 3.05) is 6.54 Å². The van der Waals surface area contributed by atoms with Gasteiger partial charge in [-0.15, -0.1) is 0 Å². The SMILES string of the molecule is CC(C)CNS(=O)(=O)c1ccccc1.[H+]. The molecule has 0 saturated heterocycles. The van der Waals surface area contributed by atoms with E-state index < -0.39 is 10.0 Å². The Morgan fingerprint density at radius 1 is 1.29 bits per heavy atom. The highest BCUT2D eigenvalue weighted by Crippen LogP contribution is 2.07. The summed E-state index contributed by atoms with van der Waals surface area (Å²) >= 11 is 0. The van der Waals surface area contributed by atoms with Crippen molar-refractivity contribution >= 4 is 10.0 Å². The van der Waals surface area contributed by atoms with E-state index in [1.165, 1.54) is 0 Å². The predicted molar refractivity (Wildman–Crippen MR) is 57.6 cm³/mol. The van der Waals surface area contributed by atoms with Gasteiger partial charge in [0.1, 0.15) is 0 Å². The second kappa shape index (κ2) is 4.57. The molecule has 1 N–H and O–H groups in total. The van der Waals surface area contributed by atoms with Crippen molar-refractivity contribution in [1.29, 1.82) is 0 Å². The molecule has 0 spiro atoms. The minimum absolute atomic E-state index is 0. The van der Waals surface area contributed by atoms with Gasteiger partial charge in [0.2, 0.25) is 10.0 Å². The monoisotopic (exact) mass is 214 g/mol. The summed E-state index contributed by atoms with van der Waals surface area (Å²) in [6, 6.07) is 8.39. The first-order valence-corrected chi connectivity index (χ1v) is 6.05. The molecular formula is C10H16NO2S+. The van der Waals surface area contributed by atoms with Crippen LogP contribution in [0.4, 0.5) is 0 Å². The summed E-state index contributed by atoms with van der Waals surface area (Å²) in [4.78, 5) is 0.320. The first kappa shape index (κ1) is 11.2. The lowest BCUT2D eigenvalue weighted by molar-refractivity contribution is 0.560. The average molecular weight is 214 g/mol. The van der Waals surface area contributed by atoms with Crippen LogP contribution in [-0.2, 0) is 10.0 Å². The molecule has 1 aromatic carbocycles. The van der Waals surface area contributed by atoms with Crippen molar-refractivity contribution in [2.24, 2.45) is 5.92 Å². The summed E-state index contributed by atoms with van der Waals surface area (Å²) in [5.41, 5.74) is 0. The molecule has 0 heterocycles. The van der Waals surface area contributed by atoms with Crippen LogP contribution >= 0.6 is 0 Å². The van der Waals surface area contributed by atoms with Gasteiger partial charge in [-0.1, -0.05) is 32.0 Å². The third-order valence-corrected chi connectivity index (χ3v) is 3.17. The maximum atomic E-state index is 11.6. The molecular weight excluding hydrogens is 198 g/mol. The molecule has 0 unspecified atom stereocenters. The molecule has 0 saturated carbocycles. The minimum atomic E-state index is -3.31. The summed E-state index contributed by atoms with van der Waals surface area (Å²) in [5, 5.41) is 0. The molecule has 0 amide bonds. The van der Waals surface area contributed by atoms with E-state index in [0.717, 1.165) is 0 Å². The van der Waals surface area contributed by atoms with Gasteiger partial charge in [0, 0.05) is 6.54 Å². The fourth-order valence-corrected chi connectivity index (χ4v) is 2.19. The molecule has 0 atom stereocenters. The summed E-state index contributed by atoms with van der Waals surface area (Å²) in [7, 11) is -3.31. The van der Waals surface area contributed by atoms with Crippen molar-refractivity contribution in [1.82, 2.24) is 4.72 Å². The van der Waals surface area contributed by atoms with E-state index in [9.17, 15) is 8.42 Å². The van der Waals surface area contributed by atoms with Crippen LogP contribution in [-0.4, -0.2) is 15.0 Å². The molecule has 0 fully saturated rings. The van der Waals surface area contributed by atoms with Crippen molar-refractivity contribution in [3.8, 4) is 0 Å². The number of benzene rings is 1. The van der Waals surface area contributed by atoms with Crippen molar-refractivity contribution in [2.45, 2.75) is 18.7 Å². The quantitative estimate of drug-likeness (QED) is 0.829. The molecule has 0 aromatic heterocycles. The third kappa shape index (κ3) is 3.12. The van der Waals surface area contributed by atoms with E-state index in [-0.39, 0.29) is 1.43 Å². The second-order valence-corrected chi connectivity index (χ2v) is 5.33. The van der Waals surface area contributed by atoms with Crippen LogP contribution < -0.4 is 4.72 Å². The van der Waals surface area contributed by atoms with E-state index in [0.29, 0.717) is 17.4 Å². The van der Waals surface area contributed by atoms with E-state index >= 15 is 0 Å². The Labute approximate surface area is 86.7 Å². The lowest BCUT2D eigenvalue weighted by atomic mass is 10.2. The number of rotatable bonds is 4. The lowest BCUT2D eigenvalue weighted by Gasteiger charge is -2.08. The highest BCUT2D eigenvalue weighted by molar-refractivity contribution is 7.89. The third-order valence-electron chi connectivity index (χ3n) is 1.74. The smallest absolute Gasteiger partial charge is 0.211 e. The number of hydrogen-bond donors (Lipinski definition) is 1. The van der Waals surface area contributed by atoms with E-state index in [4.69, 9.17) is 0 Å². The molecule has 0 aliphatic carbocycles. The van der Waals surface area contributed by atoms with Gasteiger partial charge in [0.15, 0.2) is 0 Å². The van der Waals surface area contributed by atoms with Gasteiger partial charge in [0.25, 0.3) is 0 Å². The molecule has 3 nitrogen and oxygen atoms in total. The van der Waals surface area contributed by atoms with Crippen LogP contribution in [0, 0.1) is 5.92 Å². The highest BCUT2D eigenvalue weighted by Gasteiger charge is 2.12. The highest BCUT2D eigenvalue weighted by atomic mass is 32.2. The van der Waals surface area contributed by atoms with Crippen LogP contribution in [0.5, 0.6) is 0 Å². The van der Waals surface area contributed by atoms with Crippen LogP contribution in [0.2, 0.25) is 0 Å². The molecule has 14 heavy (non-hydrogen) atoms. The molecule has 0 aliphatic rings. The molecule has 78 valence electrons. The first-order chi connectivity index (χ1) is 6.52. The summed E-state index contributed by atoms with van der Waals surface area (Å²) < 4.78 is 25.8. The van der Waals surface area contributed by atoms with E-state index in [1.807, 2.05) is 13.8 Å². The summed E-state index contributed by atoms with van der Waals surface area (Å²) in [6.45, 7) is 4.40. The molecule has 0 bridgehead atoms. The maximum Gasteiger partial charge on any atom is 1.00 e. The van der Waals surface area contributed by atoms with Gasteiger partial charge < -0.3 is 0 Å². The van der Waals surface area contributed by atoms with Gasteiger partial charge in [0.05, 0.1) is 4.90 Å². The molecule has 4 heteroatoms. The molecule has 1 aromatic rings. The van der Waals surface area contributed by atoms with E-state index in [2.05, 4.69) is 4.72 Å². The van der Waals surface area contributed by atoms with Crippen LogP contribution in [0.3, 0.4) is 0 Å². The van der Waals surface area contributed by atoms with Gasteiger partial charge in [-0.25, -0.2) is 13.1 Å². The van der Waals surface area contributed by atoms with Crippen molar-refractivity contribution < 1.29 is 9.84 Å². The maximum absolute atomic E-state index is 11.6. The number of nitrogens with one attached hydrogen (secondary N) is 1. The largest absolute Gasteiger partial charge is 1.00 e. The van der Waals surface area contributed by atoms with Crippen LogP contribution in [0.1, 0.15) is 15.3 Å². The number of hydrogen-bond acceptors (Lipinski definition) is 2. The summed E-state index contributed by atoms with van der Waals surface area (Å²) in [5.74, 6) is 0.313. The van der Waals surface area contributed by atoms with Crippen molar-refractivity contribution in [3.63, 3.8) is 0 Å². The predicted octanol–water partition coefficient (Wildman–Crippen LogP) is 1.73. The molecule has 0 aliphatic heterocycles. The fourth-order valence-electron chi connectivity index (χ4n) is 0.959. The zero-order valence-corrected chi connectivity index (χ0v) is 9.21.